The fraction of sp³-hybridized carbons (Fsp3) is 0.364. The summed E-state index contributed by atoms with van der Waals surface area (Å²) in [5.74, 6) is 0.213. The normalized spacial score (nSPS) is 16.7. The van der Waals surface area contributed by atoms with Gasteiger partial charge in [-0.2, -0.15) is 0 Å². The molecule has 210 valence electrons. The van der Waals surface area contributed by atoms with Crippen molar-refractivity contribution >= 4 is 17.7 Å². The van der Waals surface area contributed by atoms with Crippen LogP contribution in [0.4, 0.5) is 0 Å². The summed E-state index contributed by atoms with van der Waals surface area (Å²) in [6.45, 7) is 1.14. The maximum atomic E-state index is 13.4. The topological polar surface area (TPSA) is 117 Å². The van der Waals surface area contributed by atoms with E-state index in [1.165, 1.54) is 5.56 Å². The maximum Gasteiger partial charge on any atom is 0.303 e. The molecular weight excluding hydrogens is 502 g/mol. The number of unbranched alkanes of at least 4 members (excludes halogenated alkanes) is 2. The first-order valence-electron chi connectivity index (χ1n) is 14.1. The summed E-state index contributed by atoms with van der Waals surface area (Å²) in [4.78, 5) is 26.2. The van der Waals surface area contributed by atoms with E-state index in [9.17, 15) is 9.59 Å². The Bertz CT molecular complexity index is 1260. The Labute approximate surface area is 236 Å². The lowest BCUT2D eigenvalue weighted by molar-refractivity contribution is -0.137. The van der Waals surface area contributed by atoms with Gasteiger partial charge in [-0.05, 0) is 60.9 Å². The van der Waals surface area contributed by atoms with E-state index in [-0.39, 0.29) is 30.1 Å². The maximum absolute atomic E-state index is 13.4. The van der Waals surface area contributed by atoms with Crippen molar-refractivity contribution < 1.29 is 19.4 Å². The number of nitrogens with zero attached hydrogens (tertiary/aromatic N) is 1. The minimum absolute atomic E-state index is 0.0195. The van der Waals surface area contributed by atoms with Gasteiger partial charge in [0.1, 0.15) is 18.2 Å². The first kappa shape index (κ1) is 28.9. The van der Waals surface area contributed by atoms with Crippen molar-refractivity contribution in [2.75, 3.05) is 13.2 Å². The monoisotopic (exact) mass is 541 g/mol. The van der Waals surface area contributed by atoms with Gasteiger partial charge in [0.15, 0.2) is 0 Å². The number of carboxylic acid groups (broad SMARTS) is 1. The van der Waals surface area contributed by atoms with Crippen LogP contribution >= 0.6 is 0 Å². The fourth-order valence-corrected chi connectivity index (χ4v) is 5.38. The Balaban J connectivity index is 1.34. The second-order valence-electron chi connectivity index (χ2n) is 10.5. The number of rotatable bonds is 15. The predicted octanol–water partition coefficient (Wildman–Crippen LogP) is 5.90. The Hall–Kier alpha value is -4.13. The van der Waals surface area contributed by atoms with Crippen LogP contribution in [0.15, 0.2) is 78.9 Å². The summed E-state index contributed by atoms with van der Waals surface area (Å²) in [6, 6.07) is 25.9. The molecule has 0 radical (unpaired) electrons. The van der Waals surface area contributed by atoms with E-state index in [0.29, 0.717) is 25.1 Å². The molecule has 1 fully saturated rings. The number of likely N-dealkylation sites (tertiary alicyclic amines) is 1. The van der Waals surface area contributed by atoms with Crippen molar-refractivity contribution in [3.63, 3.8) is 0 Å². The third-order valence-corrected chi connectivity index (χ3v) is 7.61. The average Bonchev–Trinajstić information content (AvgIpc) is 3.26. The van der Waals surface area contributed by atoms with Gasteiger partial charge < -0.3 is 20.5 Å². The molecule has 1 amide bonds. The lowest BCUT2D eigenvalue weighted by Crippen LogP contribution is -2.38. The summed E-state index contributed by atoms with van der Waals surface area (Å²) in [5.41, 5.74) is 9.60. The standard InChI is InChI=1S/C33H39N3O4/c34-32(35)27-15-13-25(14-16-27)26-17-19-30(20-18-26)40-23-29-22-28(11-5-2-6-12-31(37)38)33(39)36(29)21-7-10-24-8-3-1-4-9-24/h1,3-4,8-9,13-20,28-29H,2,5-7,10-12,21-23H2,(H3,34,35)(H,37,38)/t28-,29-/m0/s1. The molecule has 0 aromatic heterocycles. The smallest absolute Gasteiger partial charge is 0.303 e. The average molecular weight is 542 g/mol. The molecule has 0 spiro atoms. The molecular formula is C33H39N3O4. The Morgan fingerprint density at radius 3 is 2.25 bits per heavy atom. The fourth-order valence-electron chi connectivity index (χ4n) is 5.38. The molecule has 4 N–H and O–H groups in total. The highest BCUT2D eigenvalue weighted by molar-refractivity contribution is 5.95. The quantitative estimate of drug-likeness (QED) is 0.126. The molecule has 3 aromatic carbocycles. The van der Waals surface area contributed by atoms with E-state index < -0.39 is 5.97 Å². The molecule has 3 aromatic rings. The first-order valence-corrected chi connectivity index (χ1v) is 14.1. The van der Waals surface area contributed by atoms with E-state index >= 15 is 0 Å². The van der Waals surface area contributed by atoms with Crippen molar-refractivity contribution in [2.24, 2.45) is 11.7 Å². The predicted molar refractivity (Wildman–Crippen MR) is 157 cm³/mol. The zero-order chi connectivity index (χ0) is 28.3. The molecule has 0 saturated carbocycles. The number of carboxylic acids is 1. The molecule has 1 aliphatic heterocycles. The molecule has 1 aliphatic rings. The molecule has 40 heavy (non-hydrogen) atoms. The summed E-state index contributed by atoms with van der Waals surface area (Å²) < 4.78 is 6.19. The van der Waals surface area contributed by atoms with Crippen molar-refractivity contribution in [3.05, 3.63) is 90.0 Å². The van der Waals surface area contributed by atoms with Gasteiger partial charge in [0, 0.05) is 24.4 Å². The van der Waals surface area contributed by atoms with E-state index in [0.717, 1.165) is 55.4 Å². The minimum atomic E-state index is -0.766. The molecule has 0 aliphatic carbocycles. The van der Waals surface area contributed by atoms with Crippen LogP contribution in [0.25, 0.3) is 11.1 Å². The molecule has 1 saturated heterocycles. The highest BCUT2D eigenvalue weighted by Crippen LogP contribution is 2.31. The van der Waals surface area contributed by atoms with Gasteiger partial charge in [-0.25, -0.2) is 0 Å². The van der Waals surface area contributed by atoms with E-state index in [2.05, 4.69) is 12.1 Å². The van der Waals surface area contributed by atoms with Gasteiger partial charge in [0.05, 0.1) is 6.04 Å². The summed E-state index contributed by atoms with van der Waals surface area (Å²) in [5, 5.41) is 16.4. The number of amides is 1. The van der Waals surface area contributed by atoms with Crippen molar-refractivity contribution in [1.82, 2.24) is 4.90 Å². The Kier molecular flexibility index (Phi) is 10.3. The van der Waals surface area contributed by atoms with E-state index in [4.69, 9.17) is 21.0 Å². The molecule has 7 nitrogen and oxygen atoms in total. The highest BCUT2D eigenvalue weighted by atomic mass is 16.5. The zero-order valence-corrected chi connectivity index (χ0v) is 22.9. The van der Waals surface area contributed by atoms with Crippen LogP contribution < -0.4 is 10.5 Å². The Morgan fingerprint density at radius 1 is 0.925 bits per heavy atom. The van der Waals surface area contributed by atoms with Gasteiger partial charge in [-0.3, -0.25) is 15.0 Å². The van der Waals surface area contributed by atoms with Crippen molar-refractivity contribution in [2.45, 2.75) is 57.4 Å². The SMILES string of the molecule is N=C(N)c1ccc(-c2ccc(OC[C@@H]3C[C@H](CCCCCC(=O)O)C(=O)N3CCCc3ccccc3)cc2)cc1. The van der Waals surface area contributed by atoms with Crippen LogP contribution in [0.5, 0.6) is 5.75 Å². The van der Waals surface area contributed by atoms with Crippen LogP contribution in [0.1, 0.15) is 56.1 Å². The molecule has 7 heteroatoms. The number of hydrogen-bond acceptors (Lipinski definition) is 4. The largest absolute Gasteiger partial charge is 0.491 e. The van der Waals surface area contributed by atoms with Crippen molar-refractivity contribution in [1.29, 1.82) is 5.41 Å². The summed E-state index contributed by atoms with van der Waals surface area (Å²) >= 11 is 0. The van der Waals surface area contributed by atoms with Gasteiger partial charge >= 0.3 is 5.97 Å². The lowest BCUT2D eigenvalue weighted by atomic mass is 9.97. The number of nitrogens with two attached hydrogens (primary N) is 1. The number of amidine groups is 1. The van der Waals surface area contributed by atoms with Crippen LogP contribution in [-0.2, 0) is 16.0 Å². The molecule has 2 atom stereocenters. The third kappa shape index (κ3) is 8.18. The number of aliphatic carboxylic acids is 1. The van der Waals surface area contributed by atoms with Gasteiger partial charge in [0.25, 0.3) is 0 Å². The number of aryl methyl sites for hydroxylation is 1. The van der Waals surface area contributed by atoms with Crippen LogP contribution in [0, 0.1) is 11.3 Å². The van der Waals surface area contributed by atoms with Gasteiger partial charge in [-0.1, -0.05) is 79.6 Å². The van der Waals surface area contributed by atoms with E-state index in [1.807, 2.05) is 71.6 Å². The highest BCUT2D eigenvalue weighted by Gasteiger charge is 2.38. The molecule has 0 bridgehead atoms. The van der Waals surface area contributed by atoms with Gasteiger partial charge in [-0.15, -0.1) is 0 Å². The first-order chi connectivity index (χ1) is 19.4. The van der Waals surface area contributed by atoms with Crippen molar-refractivity contribution in [3.8, 4) is 16.9 Å². The van der Waals surface area contributed by atoms with Gasteiger partial charge in [0.2, 0.25) is 5.91 Å². The van der Waals surface area contributed by atoms with Crippen LogP contribution in [0.2, 0.25) is 0 Å². The second kappa shape index (κ2) is 14.3. The Morgan fingerprint density at radius 2 is 1.60 bits per heavy atom. The number of carbonyl (C=O) groups excluding carboxylic acids is 1. The number of nitrogen functional groups attached to an aromatic ring is 1. The van der Waals surface area contributed by atoms with Crippen LogP contribution in [-0.4, -0.2) is 46.9 Å². The lowest BCUT2D eigenvalue weighted by Gasteiger charge is -2.25. The van der Waals surface area contributed by atoms with E-state index in [1.54, 1.807) is 0 Å². The number of benzene rings is 3. The molecule has 4 rings (SSSR count). The number of carbonyl (C=O) groups is 2. The molecule has 1 heterocycles. The number of nitrogens with one attached hydrogen (secondary N) is 1. The number of ether oxygens (including phenoxy) is 1. The van der Waals surface area contributed by atoms with Crippen LogP contribution in [0.3, 0.4) is 0 Å². The second-order valence-corrected chi connectivity index (χ2v) is 10.5. The number of hydrogen-bond donors (Lipinski definition) is 3. The third-order valence-electron chi connectivity index (χ3n) is 7.61. The summed E-state index contributed by atoms with van der Waals surface area (Å²) in [7, 11) is 0. The zero-order valence-electron chi connectivity index (χ0n) is 22.9. The minimum Gasteiger partial charge on any atom is -0.491 e. The molecule has 0 unspecified atom stereocenters. The summed E-state index contributed by atoms with van der Waals surface area (Å²) in [6.07, 6.45) is 5.91.